The van der Waals surface area contributed by atoms with Crippen LogP contribution in [0.4, 0.5) is 5.69 Å². The van der Waals surface area contributed by atoms with Gasteiger partial charge in [0.1, 0.15) is 0 Å². The highest BCUT2D eigenvalue weighted by Crippen LogP contribution is 2.38. The molecule has 0 heterocycles. The fourth-order valence-corrected chi connectivity index (χ4v) is 3.25. The third kappa shape index (κ3) is 3.92. The minimum Gasteiger partial charge on any atom is -0.493 e. The fourth-order valence-electron chi connectivity index (χ4n) is 2.28. The third-order valence-electron chi connectivity index (χ3n) is 3.43. The second-order valence-electron chi connectivity index (χ2n) is 4.98. The van der Waals surface area contributed by atoms with Crippen molar-refractivity contribution in [3.63, 3.8) is 0 Å². The van der Waals surface area contributed by atoms with Crippen LogP contribution >= 0.6 is 27.5 Å². The summed E-state index contributed by atoms with van der Waals surface area (Å²) in [6.07, 6.45) is 0.969. The highest BCUT2D eigenvalue weighted by molar-refractivity contribution is 9.10. The van der Waals surface area contributed by atoms with Crippen LogP contribution in [-0.4, -0.2) is 7.11 Å². The number of ether oxygens (including phenoxy) is 1. The Morgan fingerprint density at radius 3 is 2.48 bits per heavy atom. The molecule has 1 unspecified atom stereocenters. The van der Waals surface area contributed by atoms with Crippen LogP contribution in [0.2, 0.25) is 5.02 Å². The minimum atomic E-state index is 0.213. The Bertz CT molecular complexity index is 613. The van der Waals surface area contributed by atoms with Crippen molar-refractivity contribution in [3.8, 4) is 5.75 Å². The Labute approximate surface area is 139 Å². The molecule has 21 heavy (non-hydrogen) atoms. The summed E-state index contributed by atoms with van der Waals surface area (Å²) in [5.74, 6) is 0.768. The number of hydrogen-bond donors (Lipinski definition) is 1. The van der Waals surface area contributed by atoms with Crippen LogP contribution in [-0.2, 0) is 0 Å². The van der Waals surface area contributed by atoms with Crippen molar-refractivity contribution in [2.45, 2.75) is 26.3 Å². The summed E-state index contributed by atoms with van der Waals surface area (Å²) >= 11 is 9.63. The van der Waals surface area contributed by atoms with Crippen LogP contribution in [0.3, 0.4) is 0 Å². The molecule has 0 saturated heterocycles. The summed E-state index contributed by atoms with van der Waals surface area (Å²) in [6.45, 7) is 4.25. The molecule has 2 nitrogen and oxygen atoms in total. The van der Waals surface area contributed by atoms with Crippen molar-refractivity contribution in [2.75, 3.05) is 12.4 Å². The summed E-state index contributed by atoms with van der Waals surface area (Å²) in [6, 6.07) is 12.5. The number of benzene rings is 2. The van der Waals surface area contributed by atoms with E-state index in [-0.39, 0.29) is 6.04 Å². The molecule has 0 aliphatic carbocycles. The quantitative estimate of drug-likeness (QED) is 0.700. The topological polar surface area (TPSA) is 21.3 Å². The first kappa shape index (κ1) is 16.2. The van der Waals surface area contributed by atoms with E-state index in [2.05, 4.69) is 59.4 Å². The predicted octanol–water partition coefficient (Wildman–Crippen LogP) is 5.98. The summed E-state index contributed by atoms with van der Waals surface area (Å²) in [4.78, 5) is 0. The maximum absolute atomic E-state index is 6.15. The van der Waals surface area contributed by atoms with Gasteiger partial charge in [-0.1, -0.05) is 48.4 Å². The number of nitrogens with one attached hydrogen (secondary N) is 1. The Balaban J connectivity index is 2.32. The molecule has 0 radical (unpaired) electrons. The molecule has 0 aromatic heterocycles. The molecule has 1 N–H and O–H groups in total. The lowest BCUT2D eigenvalue weighted by Gasteiger charge is -2.21. The van der Waals surface area contributed by atoms with Gasteiger partial charge in [-0.05, 0) is 47.0 Å². The van der Waals surface area contributed by atoms with Gasteiger partial charge < -0.3 is 10.1 Å². The molecule has 0 fully saturated rings. The lowest BCUT2D eigenvalue weighted by atomic mass is 10.0. The largest absolute Gasteiger partial charge is 0.493 e. The second kappa shape index (κ2) is 7.19. The zero-order chi connectivity index (χ0) is 15.4. The van der Waals surface area contributed by atoms with Gasteiger partial charge in [-0.2, -0.15) is 0 Å². The molecule has 0 spiro atoms. The molecular weight excluding hydrogens is 350 g/mol. The highest BCUT2D eigenvalue weighted by atomic mass is 79.9. The van der Waals surface area contributed by atoms with E-state index in [4.69, 9.17) is 16.3 Å². The third-order valence-corrected chi connectivity index (χ3v) is 4.24. The van der Waals surface area contributed by atoms with Gasteiger partial charge in [0.2, 0.25) is 0 Å². The molecule has 0 aliphatic heterocycles. The lowest BCUT2D eigenvalue weighted by molar-refractivity contribution is 0.413. The van der Waals surface area contributed by atoms with Gasteiger partial charge in [0.05, 0.1) is 23.3 Å². The lowest BCUT2D eigenvalue weighted by Crippen LogP contribution is -2.10. The van der Waals surface area contributed by atoms with Crippen LogP contribution in [0.1, 0.15) is 30.5 Å². The van der Waals surface area contributed by atoms with Crippen molar-refractivity contribution < 1.29 is 4.74 Å². The molecule has 2 aromatic rings. The minimum absolute atomic E-state index is 0.213. The van der Waals surface area contributed by atoms with E-state index < -0.39 is 0 Å². The average Bonchev–Trinajstić information content (AvgIpc) is 2.45. The average molecular weight is 369 g/mol. The van der Waals surface area contributed by atoms with Gasteiger partial charge in [0, 0.05) is 5.02 Å². The number of anilines is 1. The zero-order valence-electron chi connectivity index (χ0n) is 12.4. The van der Waals surface area contributed by atoms with Crippen molar-refractivity contribution in [1.82, 2.24) is 0 Å². The first-order valence-electron chi connectivity index (χ1n) is 6.91. The van der Waals surface area contributed by atoms with E-state index in [9.17, 15) is 0 Å². The standard InChI is InChI=1S/C17H19BrClNO/c1-4-15(12-7-5-11(2)6-8-12)20-16-10-13(19)9-14(18)17(16)21-3/h5-10,15,20H,4H2,1-3H3. The first-order chi connectivity index (χ1) is 10.0. The molecule has 2 rings (SSSR count). The molecule has 112 valence electrons. The Morgan fingerprint density at radius 2 is 1.90 bits per heavy atom. The van der Waals surface area contributed by atoms with Crippen LogP contribution in [0, 0.1) is 6.92 Å². The van der Waals surface area contributed by atoms with Gasteiger partial charge in [-0.15, -0.1) is 0 Å². The number of hydrogen-bond acceptors (Lipinski definition) is 2. The Hall–Kier alpha value is -1.19. The van der Waals surface area contributed by atoms with Crippen molar-refractivity contribution in [3.05, 3.63) is 57.0 Å². The van der Waals surface area contributed by atoms with E-state index >= 15 is 0 Å². The van der Waals surface area contributed by atoms with Crippen molar-refractivity contribution in [2.24, 2.45) is 0 Å². The Kier molecular flexibility index (Phi) is 5.54. The van der Waals surface area contributed by atoms with Crippen molar-refractivity contribution >= 4 is 33.2 Å². The van der Waals surface area contributed by atoms with E-state index in [0.29, 0.717) is 5.02 Å². The molecule has 1 atom stereocenters. The first-order valence-corrected chi connectivity index (χ1v) is 8.08. The number of halogens is 2. The Morgan fingerprint density at radius 1 is 1.24 bits per heavy atom. The highest BCUT2D eigenvalue weighted by Gasteiger charge is 2.14. The van der Waals surface area contributed by atoms with E-state index in [0.717, 1.165) is 22.3 Å². The van der Waals surface area contributed by atoms with E-state index in [1.807, 2.05) is 12.1 Å². The smallest absolute Gasteiger partial charge is 0.156 e. The monoisotopic (exact) mass is 367 g/mol. The van der Waals surface area contributed by atoms with Gasteiger partial charge in [-0.3, -0.25) is 0 Å². The summed E-state index contributed by atoms with van der Waals surface area (Å²) in [5, 5.41) is 4.20. The van der Waals surface area contributed by atoms with Crippen LogP contribution in [0.15, 0.2) is 40.9 Å². The molecule has 0 bridgehead atoms. The zero-order valence-corrected chi connectivity index (χ0v) is 14.8. The summed E-state index contributed by atoms with van der Waals surface area (Å²) in [7, 11) is 1.66. The maximum atomic E-state index is 6.15. The second-order valence-corrected chi connectivity index (χ2v) is 6.28. The summed E-state index contributed by atoms with van der Waals surface area (Å²) < 4.78 is 6.31. The van der Waals surface area contributed by atoms with E-state index in [1.54, 1.807) is 7.11 Å². The maximum Gasteiger partial charge on any atom is 0.156 e. The number of rotatable bonds is 5. The van der Waals surface area contributed by atoms with Gasteiger partial charge in [0.25, 0.3) is 0 Å². The molecule has 0 amide bonds. The van der Waals surface area contributed by atoms with Crippen molar-refractivity contribution in [1.29, 1.82) is 0 Å². The number of aryl methyl sites for hydroxylation is 1. The van der Waals surface area contributed by atoms with E-state index in [1.165, 1.54) is 11.1 Å². The van der Waals surface area contributed by atoms with Crippen LogP contribution in [0.25, 0.3) is 0 Å². The molecular formula is C17H19BrClNO. The molecule has 0 saturated carbocycles. The SMILES string of the molecule is CCC(Nc1cc(Cl)cc(Br)c1OC)c1ccc(C)cc1. The van der Waals surface area contributed by atoms with Crippen LogP contribution < -0.4 is 10.1 Å². The summed E-state index contributed by atoms with van der Waals surface area (Å²) in [5.41, 5.74) is 3.40. The van der Waals surface area contributed by atoms with Crippen LogP contribution in [0.5, 0.6) is 5.75 Å². The molecule has 4 heteroatoms. The van der Waals surface area contributed by atoms with Gasteiger partial charge in [-0.25, -0.2) is 0 Å². The normalized spacial score (nSPS) is 12.0. The predicted molar refractivity (Wildman–Crippen MR) is 93.5 cm³/mol. The van der Waals surface area contributed by atoms with Gasteiger partial charge >= 0.3 is 0 Å². The number of methoxy groups -OCH3 is 1. The van der Waals surface area contributed by atoms with Gasteiger partial charge in [0.15, 0.2) is 5.75 Å². The molecule has 0 aliphatic rings. The fraction of sp³-hybridized carbons (Fsp3) is 0.294. The molecule has 2 aromatic carbocycles.